The molecule has 3 aromatic rings. The van der Waals surface area contributed by atoms with Crippen molar-refractivity contribution in [3.05, 3.63) is 41.7 Å². The summed E-state index contributed by atoms with van der Waals surface area (Å²) in [6, 6.07) is 8.12. The van der Waals surface area contributed by atoms with E-state index in [2.05, 4.69) is 30.0 Å². The van der Waals surface area contributed by atoms with E-state index in [-0.39, 0.29) is 11.9 Å². The van der Waals surface area contributed by atoms with Crippen molar-refractivity contribution in [1.82, 2.24) is 30.0 Å². The number of imidazole rings is 1. The van der Waals surface area contributed by atoms with E-state index in [1.54, 1.807) is 0 Å². The first kappa shape index (κ1) is 19.2. The third-order valence-corrected chi connectivity index (χ3v) is 6.25. The summed E-state index contributed by atoms with van der Waals surface area (Å²) in [6.07, 6.45) is 5.76. The van der Waals surface area contributed by atoms with Crippen LogP contribution < -0.4 is 5.32 Å². The monoisotopic (exact) mass is 408 g/mol. The maximum Gasteiger partial charge on any atom is 0.220 e. The summed E-state index contributed by atoms with van der Waals surface area (Å²) in [7, 11) is 0. The third kappa shape index (κ3) is 4.09. The minimum Gasteiger partial charge on any atom is -0.381 e. The summed E-state index contributed by atoms with van der Waals surface area (Å²) in [5.74, 6) is 3.54. The lowest BCUT2D eigenvalue weighted by atomic mass is 9.99. The third-order valence-electron chi connectivity index (χ3n) is 6.25. The number of rotatable bonds is 5. The van der Waals surface area contributed by atoms with E-state index in [9.17, 15) is 4.79 Å². The molecule has 2 aliphatic rings. The molecule has 5 rings (SSSR count). The molecule has 0 bridgehead atoms. The summed E-state index contributed by atoms with van der Waals surface area (Å²) in [6.45, 7) is 2.47. The van der Waals surface area contributed by atoms with Crippen LogP contribution >= 0.6 is 0 Å². The minimum atomic E-state index is 0.0859. The van der Waals surface area contributed by atoms with Crippen LogP contribution in [0.15, 0.2) is 24.3 Å². The Hall–Kier alpha value is -2.74. The maximum absolute atomic E-state index is 12.5. The predicted octanol–water partition coefficient (Wildman–Crippen LogP) is 2.50. The molecule has 1 atom stereocenters. The number of amides is 1. The minimum absolute atomic E-state index is 0.0859. The number of hydrogen-bond acceptors (Lipinski definition) is 5. The van der Waals surface area contributed by atoms with Crippen LogP contribution in [0.3, 0.4) is 0 Å². The summed E-state index contributed by atoms with van der Waals surface area (Å²) in [5, 5.41) is 12.2. The van der Waals surface area contributed by atoms with Gasteiger partial charge in [-0.1, -0.05) is 12.1 Å². The Bertz CT molecular complexity index is 987. The number of aryl methyl sites for hydroxylation is 2. The fourth-order valence-electron chi connectivity index (χ4n) is 4.57. The predicted molar refractivity (Wildman–Crippen MR) is 112 cm³/mol. The molecule has 1 unspecified atom stereocenters. The molecule has 1 amide bonds. The van der Waals surface area contributed by atoms with Crippen molar-refractivity contribution in [2.24, 2.45) is 0 Å². The highest BCUT2D eigenvalue weighted by atomic mass is 16.5. The second kappa shape index (κ2) is 8.55. The van der Waals surface area contributed by atoms with Crippen molar-refractivity contribution < 1.29 is 9.53 Å². The van der Waals surface area contributed by atoms with Crippen molar-refractivity contribution in [2.45, 2.75) is 63.5 Å². The highest BCUT2D eigenvalue weighted by molar-refractivity contribution is 5.77. The fourth-order valence-corrected chi connectivity index (χ4v) is 4.57. The van der Waals surface area contributed by atoms with Crippen molar-refractivity contribution in [1.29, 1.82) is 0 Å². The zero-order valence-electron chi connectivity index (χ0n) is 17.1. The van der Waals surface area contributed by atoms with Gasteiger partial charge in [-0.3, -0.25) is 4.79 Å². The van der Waals surface area contributed by atoms with Crippen LogP contribution in [0.4, 0.5) is 0 Å². The van der Waals surface area contributed by atoms with E-state index < -0.39 is 0 Å². The molecule has 8 heteroatoms. The summed E-state index contributed by atoms with van der Waals surface area (Å²) in [4.78, 5) is 20.4. The van der Waals surface area contributed by atoms with Gasteiger partial charge in [0.05, 0.1) is 11.0 Å². The molecule has 0 spiro atoms. The van der Waals surface area contributed by atoms with Crippen molar-refractivity contribution >= 4 is 16.9 Å². The molecule has 0 radical (unpaired) electrons. The van der Waals surface area contributed by atoms with Crippen molar-refractivity contribution in [2.75, 3.05) is 13.2 Å². The number of carbonyl (C=O) groups is 1. The van der Waals surface area contributed by atoms with Crippen LogP contribution in [0.25, 0.3) is 11.0 Å². The summed E-state index contributed by atoms with van der Waals surface area (Å²) in [5.41, 5.74) is 1.96. The molecule has 30 heavy (non-hydrogen) atoms. The molecule has 4 heterocycles. The number of para-hydroxylation sites is 2. The largest absolute Gasteiger partial charge is 0.381 e. The van der Waals surface area contributed by atoms with Gasteiger partial charge in [-0.15, -0.1) is 10.2 Å². The highest BCUT2D eigenvalue weighted by Gasteiger charge is 2.26. The van der Waals surface area contributed by atoms with E-state index in [1.807, 2.05) is 24.3 Å². The molecular weight excluding hydrogens is 380 g/mol. The molecule has 0 aliphatic carbocycles. The quantitative estimate of drug-likeness (QED) is 0.676. The molecule has 1 fully saturated rings. The van der Waals surface area contributed by atoms with Gasteiger partial charge in [0.2, 0.25) is 5.91 Å². The van der Waals surface area contributed by atoms with E-state index in [0.29, 0.717) is 18.8 Å². The lowest BCUT2D eigenvalue weighted by Crippen LogP contribution is -2.35. The number of hydrogen-bond donors (Lipinski definition) is 2. The van der Waals surface area contributed by atoms with Gasteiger partial charge in [-0.2, -0.15) is 0 Å². The van der Waals surface area contributed by atoms with Gasteiger partial charge >= 0.3 is 0 Å². The fraction of sp³-hybridized carbons (Fsp3) is 0.545. The second-order valence-corrected chi connectivity index (χ2v) is 8.31. The lowest BCUT2D eigenvalue weighted by Gasteiger charge is -2.22. The van der Waals surface area contributed by atoms with E-state index in [4.69, 9.17) is 4.74 Å². The van der Waals surface area contributed by atoms with E-state index in [1.165, 1.54) is 0 Å². The molecule has 2 aromatic heterocycles. The number of H-pyrrole nitrogens is 1. The SMILES string of the molecule is O=C(CCc1nc2ccccc2[nH]1)NC1CCc2nnc(C3CCOCC3)n2CC1. The number of ether oxygens (including phenoxy) is 1. The first-order chi connectivity index (χ1) is 14.8. The maximum atomic E-state index is 12.5. The van der Waals surface area contributed by atoms with Gasteiger partial charge in [-0.05, 0) is 37.8 Å². The standard InChI is InChI=1S/C22H28N6O2/c29-21(8-6-19-24-17-3-1-2-4-18(17)25-19)23-16-5-7-20-26-27-22(28(20)12-9-16)15-10-13-30-14-11-15/h1-4,15-16H,5-14H2,(H,23,29)(H,24,25). The van der Waals surface area contributed by atoms with Crippen LogP contribution in [0.5, 0.6) is 0 Å². The Morgan fingerprint density at radius 1 is 1.17 bits per heavy atom. The molecule has 2 aliphatic heterocycles. The number of aromatic nitrogens is 5. The summed E-state index contributed by atoms with van der Waals surface area (Å²) >= 11 is 0. The Labute approximate surface area is 175 Å². The van der Waals surface area contributed by atoms with Gasteiger partial charge in [-0.25, -0.2) is 4.98 Å². The highest BCUT2D eigenvalue weighted by Crippen LogP contribution is 2.27. The Balaban J connectivity index is 1.15. The molecule has 8 nitrogen and oxygen atoms in total. The topological polar surface area (TPSA) is 97.7 Å². The number of carbonyl (C=O) groups excluding carboxylic acids is 1. The first-order valence-electron chi connectivity index (χ1n) is 11.0. The molecule has 158 valence electrons. The number of nitrogens with one attached hydrogen (secondary N) is 2. The Kier molecular flexibility index (Phi) is 5.48. The zero-order valence-corrected chi connectivity index (χ0v) is 17.1. The van der Waals surface area contributed by atoms with Gasteiger partial charge < -0.3 is 19.6 Å². The van der Waals surface area contributed by atoms with Crippen LogP contribution in [-0.4, -0.2) is 49.9 Å². The van der Waals surface area contributed by atoms with E-state index in [0.717, 1.165) is 80.4 Å². The number of nitrogens with zero attached hydrogens (tertiary/aromatic N) is 4. The molecule has 0 saturated carbocycles. The van der Waals surface area contributed by atoms with Gasteiger partial charge in [0.15, 0.2) is 0 Å². The van der Waals surface area contributed by atoms with Crippen molar-refractivity contribution in [3.63, 3.8) is 0 Å². The average Bonchev–Trinajstić information content (AvgIpc) is 3.33. The Morgan fingerprint density at radius 3 is 2.90 bits per heavy atom. The first-order valence-corrected chi connectivity index (χ1v) is 11.0. The van der Waals surface area contributed by atoms with Crippen LogP contribution in [0.1, 0.15) is 55.5 Å². The second-order valence-electron chi connectivity index (χ2n) is 8.31. The number of benzene rings is 1. The van der Waals surface area contributed by atoms with Crippen LogP contribution in [0, 0.1) is 0 Å². The molecular formula is C22H28N6O2. The molecule has 1 saturated heterocycles. The lowest BCUT2D eigenvalue weighted by molar-refractivity contribution is -0.121. The van der Waals surface area contributed by atoms with Crippen molar-refractivity contribution in [3.8, 4) is 0 Å². The number of fused-ring (bicyclic) bond motifs is 2. The molecule has 1 aromatic carbocycles. The normalized spacial score (nSPS) is 20.1. The van der Waals surface area contributed by atoms with E-state index >= 15 is 0 Å². The average molecular weight is 409 g/mol. The van der Waals surface area contributed by atoms with Gasteiger partial charge in [0.25, 0.3) is 0 Å². The zero-order chi connectivity index (χ0) is 20.3. The van der Waals surface area contributed by atoms with Crippen LogP contribution in [-0.2, 0) is 28.9 Å². The van der Waals surface area contributed by atoms with Gasteiger partial charge in [0, 0.05) is 51.0 Å². The smallest absolute Gasteiger partial charge is 0.220 e. The summed E-state index contributed by atoms with van der Waals surface area (Å²) < 4.78 is 7.78. The molecule has 2 N–H and O–H groups in total. The van der Waals surface area contributed by atoms with Crippen LogP contribution in [0.2, 0.25) is 0 Å². The number of aromatic amines is 1. The Morgan fingerprint density at radius 2 is 2.03 bits per heavy atom. The van der Waals surface area contributed by atoms with Gasteiger partial charge in [0.1, 0.15) is 17.5 Å².